The zero-order valence-corrected chi connectivity index (χ0v) is 15.9. The lowest BCUT2D eigenvalue weighted by Crippen LogP contribution is -2.62. The highest BCUT2D eigenvalue weighted by Crippen LogP contribution is 2.47. The van der Waals surface area contributed by atoms with Gasteiger partial charge in [0.1, 0.15) is 11.2 Å². The van der Waals surface area contributed by atoms with Crippen LogP contribution in [0, 0.1) is 5.92 Å². The molecule has 0 bridgehead atoms. The molecule has 1 aromatic rings. The number of hydrogen-bond donors (Lipinski definition) is 3. The van der Waals surface area contributed by atoms with E-state index in [0.29, 0.717) is 18.0 Å². The summed E-state index contributed by atoms with van der Waals surface area (Å²) in [5.41, 5.74) is 5.66. The third-order valence-electron chi connectivity index (χ3n) is 5.02. The summed E-state index contributed by atoms with van der Waals surface area (Å²) in [6.07, 6.45) is 4.47. The maximum Gasteiger partial charge on any atom is 0.407 e. The molecule has 7 heteroatoms. The highest BCUT2D eigenvalue weighted by Gasteiger charge is 2.53. The maximum absolute atomic E-state index is 12.3. The topological polar surface area (TPSA) is 107 Å². The van der Waals surface area contributed by atoms with Crippen molar-refractivity contribution in [3.8, 4) is 0 Å². The maximum atomic E-state index is 12.3. The Balaban J connectivity index is 1.83. The highest BCUT2D eigenvalue weighted by atomic mass is 16.6. The molecule has 7 nitrogen and oxygen atoms in total. The first-order valence-electron chi connectivity index (χ1n) is 9.14. The van der Waals surface area contributed by atoms with Crippen molar-refractivity contribution in [2.45, 2.75) is 76.4 Å². The number of pyridine rings is 1. The average Bonchev–Trinajstić information content (AvgIpc) is 3.32. The van der Waals surface area contributed by atoms with Gasteiger partial charge in [-0.15, -0.1) is 0 Å². The molecular weight excluding hydrogens is 334 g/mol. The molecule has 3 rings (SSSR count). The van der Waals surface area contributed by atoms with E-state index in [1.807, 2.05) is 26.8 Å². The van der Waals surface area contributed by atoms with Crippen LogP contribution in [0.25, 0.3) is 0 Å². The Labute approximate surface area is 154 Å². The number of rotatable bonds is 3. The van der Waals surface area contributed by atoms with Crippen LogP contribution < -0.4 is 11.1 Å². The van der Waals surface area contributed by atoms with E-state index in [-0.39, 0.29) is 12.2 Å². The molecule has 1 saturated heterocycles. The molecule has 0 aromatic carbocycles. The fourth-order valence-corrected chi connectivity index (χ4v) is 3.57. The van der Waals surface area contributed by atoms with Gasteiger partial charge in [0.05, 0.1) is 30.1 Å². The summed E-state index contributed by atoms with van der Waals surface area (Å²) < 4.78 is 11.6. The van der Waals surface area contributed by atoms with Gasteiger partial charge in [0.2, 0.25) is 0 Å². The molecule has 1 aliphatic carbocycles. The van der Waals surface area contributed by atoms with E-state index in [2.05, 4.69) is 10.3 Å². The van der Waals surface area contributed by atoms with Crippen molar-refractivity contribution >= 4 is 11.8 Å². The zero-order valence-electron chi connectivity index (χ0n) is 15.9. The number of nitrogens with one attached hydrogen (secondary N) is 1. The molecule has 0 spiro atoms. The standard InChI is InChI=1S/C19H29N3O4/c1-18(2,3)26-17(23)22-15-9-14(12-7-8-21-10-13(12)20)25-16(11-5-6-11)19(15,4)24/h7-8,10-11,14-16,24H,5-6,9,20H2,1-4H3,(H,22,23)/t14-,15-,16-,19+/m1/s1. The minimum Gasteiger partial charge on any atom is -0.444 e. The van der Waals surface area contributed by atoms with E-state index < -0.39 is 23.3 Å². The number of ether oxygens (including phenoxy) is 2. The van der Waals surface area contributed by atoms with Gasteiger partial charge in [-0.25, -0.2) is 4.79 Å². The largest absolute Gasteiger partial charge is 0.444 e. The Hall–Kier alpha value is -1.86. The first-order chi connectivity index (χ1) is 12.1. The van der Waals surface area contributed by atoms with E-state index in [1.165, 1.54) is 0 Å². The molecule has 4 N–H and O–H groups in total. The molecule has 2 fully saturated rings. The average molecular weight is 363 g/mol. The Morgan fingerprint density at radius 2 is 2.15 bits per heavy atom. The van der Waals surface area contributed by atoms with Gasteiger partial charge >= 0.3 is 6.09 Å². The predicted molar refractivity (Wildman–Crippen MR) is 97.4 cm³/mol. The Kier molecular flexibility index (Phi) is 4.88. The third kappa shape index (κ3) is 4.10. The third-order valence-corrected chi connectivity index (χ3v) is 5.02. The Bertz CT molecular complexity index is 667. The molecule has 0 unspecified atom stereocenters. The summed E-state index contributed by atoms with van der Waals surface area (Å²) in [5.74, 6) is 0.291. The van der Waals surface area contributed by atoms with E-state index in [9.17, 15) is 9.90 Å². The van der Waals surface area contributed by atoms with E-state index in [4.69, 9.17) is 15.2 Å². The van der Waals surface area contributed by atoms with E-state index in [1.54, 1.807) is 19.3 Å². The van der Waals surface area contributed by atoms with E-state index in [0.717, 1.165) is 18.4 Å². The second-order valence-electron chi connectivity index (χ2n) is 8.55. The Morgan fingerprint density at radius 1 is 1.46 bits per heavy atom. The van der Waals surface area contributed by atoms with Crippen LogP contribution in [0.3, 0.4) is 0 Å². The number of aliphatic hydroxyl groups is 1. The van der Waals surface area contributed by atoms with Gasteiger partial charge in [-0.1, -0.05) is 0 Å². The SMILES string of the molecule is CC(C)(C)OC(=O)N[C@@H]1C[C@H](c2ccncc2N)O[C@H](C2CC2)[C@@]1(C)O. The fourth-order valence-electron chi connectivity index (χ4n) is 3.57. The minimum absolute atomic E-state index is 0.291. The molecule has 4 atom stereocenters. The number of nitrogen functional groups attached to an aromatic ring is 1. The van der Waals surface area contributed by atoms with Crippen molar-refractivity contribution in [1.29, 1.82) is 0 Å². The number of nitrogens with two attached hydrogens (primary N) is 1. The van der Waals surface area contributed by atoms with Gasteiger partial charge in [-0.05, 0) is 52.5 Å². The number of anilines is 1. The number of aromatic nitrogens is 1. The number of carbonyl (C=O) groups is 1. The van der Waals surface area contributed by atoms with Crippen molar-refractivity contribution < 1.29 is 19.4 Å². The van der Waals surface area contributed by atoms with Crippen LogP contribution in [0.15, 0.2) is 18.5 Å². The summed E-state index contributed by atoms with van der Waals surface area (Å²) in [4.78, 5) is 16.3. The van der Waals surface area contributed by atoms with Crippen molar-refractivity contribution in [3.63, 3.8) is 0 Å². The van der Waals surface area contributed by atoms with Crippen LogP contribution >= 0.6 is 0 Å². The minimum atomic E-state index is -1.18. The second kappa shape index (κ2) is 6.70. The summed E-state index contributed by atoms with van der Waals surface area (Å²) >= 11 is 0. The summed E-state index contributed by atoms with van der Waals surface area (Å²) in [6, 6.07) is 1.32. The summed E-state index contributed by atoms with van der Waals surface area (Å²) in [5, 5.41) is 14.0. The van der Waals surface area contributed by atoms with Crippen molar-refractivity contribution in [3.05, 3.63) is 24.0 Å². The molecule has 1 saturated carbocycles. The lowest BCUT2D eigenvalue weighted by molar-refractivity contribution is -0.191. The first kappa shape index (κ1) is 18.9. The number of amides is 1. The van der Waals surface area contributed by atoms with Crippen LogP contribution in [0.1, 0.15) is 58.6 Å². The molecule has 1 aromatic heterocycles. The predicted octanol–water partition coefficient (Wildman–Crippen LogP) is 2.55. The lowest BCUT2D eigenvalue weighted by atomic mass is 9.80. The molecule has 1 aliphatic heterocycles. The van der Waals surface area contributed by atoms with Crippen molar-refractivity contribution in [2.24, 2.45) is 5.92 Å². The van der Waals surface area contributed by atoms with Crippen LogP contribution in [-0.2, 0) is 9.47 Å². The van der Waals surface area contributed by atoms with Crippen molar-refractivity contribution in [2.75, 3.05) is 5.73 Å². The van der Waals surface area contributed by atoms with Gasteiger partial charge in [0, 0.05) is 18.2 Å². The van der Waals surface area contributed by atoms with Crippen molar-refractivity contribution in [1.82, 2.24) is 10.3 Å². The normalized spacial score (nSPS) is 32.1. The van der Waals surface area contributed by atoms with Gasteiger partial charge < -0.3 is 25.6 Å². The number of hydrogen-bond acceptors (Lipinski definition) is 6. The smallest absolute Gasteiger partial charge is 0.407 e. The number of alkyl carbamates (subject to hydrolysis) is 1. The number of nitrogens with zero attached hydrogens (tertiary/aromatic N) is 1. The molecule has 2 aliphatic rings. The van der Waals surface area contributed by atoms with Crippen LogP contribution in [0.2, 0.25) is 0 Å². The fraction of sp³-hybridized carbons (Fsp3) is 0.684. The summed E-state index contributed by atoms with van der Waals surface area (Å²) in [6.45, 7) is 7.15. The van der Waals surface area contributed by atoms with Gasteiger partial charge in [0.15, 0.2) is 0 Å². The van der Waals surface area contributed by atoms with Gasteiger partial charge in [0.25, 0.3) is 0 Å². The van der Waals surface area contributed by atoms with Crippen LogP contribution in [0.5, 0.6) is 0 Å². The monoisotopic (exact) mass is 363 g/mol. The molecule has 26 heavy (non-hydrogen) atoms. The second-order valence-corrected chi connectivity index (χ2v) is 8.55. The van der Waals surface area contributed by atoms with Gasteiger partial charge in [-0.3, -0.25) is 4.98 Å². The summed E-state index contributed by atoms with van der Waals surface area (Å²) in [7, 11) is 0. The Morgan fingerprint density at radius 3 is 2.73 bits per heavy atom. The first-order valence-corrected chi connectivity index (χ1v) is 9.14. The molecule has 2 heterocycles. The molecule has 144 valence electrons. The van der Waals surface area contributed by atoms with Crippen LogP contribution in [-0.4, -0.2) is 39.5 Å². The molecule has 1 amide bonds. The zero-order chi connectivity index (χ0) is 19.1. The van der Waals surface area contributed by atoms with Gasteiger partial charge in [-0.2, -0.15) is 0 Å². The highest BCUT2D eigenvalue weighted by molar-refractivity contribution is 5.68. The number of carbonyl (C=O) groups excluding carboxylic acids is 1. The molecule has 0 radical (unpaired) electrons. The quantitative estimate of drug-likeness (QED) is 0.762. The lowest BCUT2D eigenvalue weighted by Gasteiger charge is -2.47. The molecular formula is C19H29N3O4. The van der Waals surface area contributed by atoms with E-state index >= 15 is 0 Å². The van der Waals surface area contributed by atoms with Crippen LogP contribution in [0.4, 0.5) is 10.5 Å².